The van der Waals surface area contributed by atoms with Crippen LogP contribution in [-0.2, 0) is 11.2 Å². The second-order valence-corrected chi connectivity index (χ2v) is 5.28. The third-order valence-electron chi connectivity index (χ3n) is 3.86. The number of benzene rings is 1. The zero-order valence-electron chi connectivity index (χ0n) is 12.0. The molecule has 0 saturated carbocycles. The van der Waals surface area contributed by atoms with Gasteiger partial charge in [0.15, 0.2) is 0 Å². The standard InChI is InChI=1S/C17H19N3O/c21-17(14-15-6-2-1-3-7-15)20-12-10-19(11-13-20)16-8-4-5-9-18-16/h1-9H,10-14H2/p+1. The molecule has 0 bridgehead atoms. The van der Waals surface area contributed by atoms with Gasteiger partial charge in [-0.05, 0) is 11.6 Å². The van der Waals surface area contributed by atoms with E-state index in [1.807, 2.05) is 53.6 Å². The number of carbonyl (C=O) groups excluding carboxylic acids is 1. The average molecular weight is 282 g/mol. The number of H-pyrrole nitrogens is 1. The van der Waals surface area contributed by atoms with Gasteiger partial charge in [-0.1, -0.05) is 36.4 Å². The molecule has 1 aliphatic heterocycles. The van der Waals surface area contributed by atoms with Gasteiger partial charge in [0.05, 0.1) is 25.7 Å². The molecule has 1 N–H and O–H groups in total. The Morgan fingerprint density at radius 3 is 2.33 bits per heavy atom. The van der Waals surface area contributed by atoms with E-state index in [4.69, 9.17) is 0 Å². The van der Waals surface area contributed by atoms with E-state index in [2.05, 4.69) is 16.0 Å². The molecule has 1 saturated heterocycles. The van der Waals surface area contributed by atoms with Gasteiger partial charge in [0.25, 0.3) is 5.82 Å². The van der Waals surface area contributed by atoms with Gasteiger partial charge in [-0.3, -0.25) is 9.69 Å². The van der Waals surface area contributed by atoms with Crippen LogP contribution in [0.2, 0.25) is 0 Å². The summed E-state index contributed by atoms with van der Waals surface area (Å²) in [5.74, 6) is 1.34. The van der Waals surface area contributed by atoms with Gasteiger partial charge in [-0.15, -0.1) is 0 Å². The van der Waals surface area contributed by atoms with Crippen LogP contribution in [0.1, 0.15) is 5.56 Å². The molecule has 1 aromatic carbocycles. The minimum Gasteiger partial charge on any atom is -0.335 e. The lowest BCUT2D eigenvalue weighted by molar-refractivity contribution is -0.364. The fourth-order valence-electron chi connectivity index (χ4n) is 2.66. The van der Waals surface area contributed by atoms with E-state index >= 15 is 0 Å². The predicted octanol–water partition coefficient (Wildman–Crippen LogP) is 1.39. The minimum absolute atomic E-state index is 0.220. The van der Waals surface area contributed by atoms with Gasteiger partial charge in [-0.2, -0.15) is 0 Å². The number of hydrogen-bond donors (Lipinski definition) is 0. The molecule has 4 heteroatoms. The Hall–Kier alpha value is -2.36. The largest absolute Gasteiger partial charge is 0.335 e. The Kier molecular flexibility index (Phi) is 4.15. The number of aromatic amines is 1. The maximum Gasteiger partial charge on any atom is 0.274 e. The summed E-state index contributed by atoms with van der Waals surface area (Å²) in [5, 5.41) is 0. The van der Waals surface area contributed by atoms with Crippen molar-refractivity contribution in [2.24, 2.45) is 0 Å². The van der Waals surface area contributed by atoms with Crippen LogP contribution in [0.25, 0.3) is 0 Å². The van der Waals surface area contributed by atoms with Crippen LogP contribution in [0.15, 0.2) is 54.7 Å². The Morgan fingerprint density at radius 2 is 1.67 bits per heavy atom. The summed E-state index contributed by atoms with van der Waals surface area (Å²) in [4.78, 5) is 19.8. The maximum atomic E-state index is 12.3. The number of piperazine rings is 1. The Bertz CT molecular complexity index is 577. The lowest BCUT2D eigenvalue weighted by Crippen LogP contribution is -2.50. The van der Waals surface area contributed by atoms with Crippen LogP contribution < -0.4 is 9.88 Å². The van der Waals surface area contributed by atoms with E-state index in [1.165, 1.54) is 0 Å². The monoisotopic (exact) mass is 282 g/mol. The molecule has 2 aromatic rings. The highest BCUT2D eigenvalue weighted by atomic mass is 16.2. The van der Waals surface area contributed by atoms with Crippen molar-refractivity contribution in [3.63, 3.8) is 0 Å². The van der Waals surface area contributed by atoms with Gasteiger partial charge in [0.1, 0.15) is 13.1 Å². The number of nitrogens with one attached hydrogen (secondary N) is 1. The summed E-state index contributed by atoms with van der Waals surface area (Å²) in [5.41, 5.74) is 1.08. The maximum absolute atomic E-state index is 12.3. The highest BCUT2D eigenvalue weighted by molar-refractivity contribution is 5.79. The van der Waals surface area contributed by atoms with Crippen molar-refractivity contribution in [1.29, 1.82) is 0 Å². The summed E-state index contributed by atoms with van der Waals surface area (Å²) in [6, 6.07) is 16.0. The fraction of sp³-hybridized carbons (Fsp3) is 0.294. The van der Waals surface area contributed by atoms with E-state index in [9.17, 15) is 4.79 Å². The molecule has 1 aromatic heterocycles. The predicted molar refractivity (Wildman–Crippen MR) is 81.9 cm³/mol. The first kappa shape index (κ1) is 13.6. The van der Waals surface area contributed by atoms with Crippen molar-refractivity contribution in [2.45, 2.75) is 6.42 Å². The summed E-state index contributed by atoms with van der Waals surface area (Å²) in [6.07, 6.45) is 2.43. The highest BCUT2D eigenvalue weighted by Gasteiger charge is 2.25. The zero-order chi connectivity index (χ0) is 14.5. The molecule has 0 atom stereocenters. The molecule has 21 heavy (non-hydrogen) atoms. The van der Waals surface area contributed by atoms with E-state index in [-0.39, 0.29) is 5.91 Å². The van der Waals surface area contributed by atoms with Gasteiger partial charge in [-0.25, -0.2) is 4.98 Å². The first-order valence-electron chi connectivity index (χ1n) is 7.36. The third kappa shape index (κ3) is 3.40. The molecule has 0 aliphatic carbocycles. The van der Waals surface area contributed by atoms with Gasteiger partial charge in [0.2, 0.25) is 5.91 Å². The number of rotatable bonds is 3. The molecule has 4 nitrogen and oxygen atoms in total. The molecule has 3 rings (SSSR count). The lowest BCUT2D eigenvalue weighted by Gasteiger charge is -2.31. The topological polar surface area (TPSA) is 37.7 Å². The van der Waals surface area contributed by atoms with Crippen LogP contribution in [0.5, 0.6) is 0 Å². The average Bonchev–Trinajstić information content (AvgIpc) is 2.57. The third-order valence-corrected chi connectivity index (χ3v) is 3.86. The van der Waals surface area contributed by atoms with E-state index in [0.29, 0.717) is 6.42 Å². The number of carbonyl (C=O) groups is 1. The van der Waals surface area contributed by atoms with Crippen molar-refractivity contribution in [1.82, 2.24) is 4.90 Å². The molecule has 0 spiro atoms. The Labute approximate surface area is 125 Å². The van der Waals surface area contributed by atoms with Crippen LogP contribution in [0.4, 0.5) is 5.82 Å². The van der Waals surface area contributed by atoms with Crippen LogP contribution >= 0.6 is 0 Å². The van der Waals surface area contributed by atoms with Crippen LogP contribution in [0.3, 0.4) is 0 Å². The normalized spacial score (nSPS) is 15.0. The molecular weight excluding hydrogens is 262 g/mol. The molecule has 0 radical (unpaired) electrons. The van der Waals surface area contributed by atoms with Crippen LogP contribution in [0, 0.1) is 0 Å². The lowest BCUT2D eigenvalue weighted by atomic mass is 10.1. The second kappa shape index (κ2) is 6.39. The van der Waals surface area contributed by atoms with E-state index < -0.39 is 0 Å². The highest BCUT2D eigenvalue weighted by Crippen LogP contribution is 2.11. The number of anilines is 1. The number of amides is 1. The second-order valence-electron chi connectivity index (χ2n) is 5.28. The summed E-state index contributed by atoms with van der Waals surface area (Å²) < 4.78 is 0. The van der Waals surface area contributed by atoms with E-state index in [0.717, 1.165) is 37.6 Å². The van der Waals surface area contributed by atoms with Crippen LogP contribution in [-0.4, -0.2) is 37.0 Å². The molecule has 0 unspecified atom stereocenters. The molecule has 1 aliphatic rings. The van der Waals surface area contributed by atoms with Crippen molar-refractivity contribution < 1.29 is 9.78 Å². The summed E-state index contributed by atoms with van der Waals surface area (Å²) in [6.45, 7) is 3.32. The van der Waals surface area contributed by atoms with E-state index in [1.54, 1.807) is 0 Å². The molecule has 108 valence electrons. The van der Waals surface area contributed by atoms with Gasteiger partial charge >= 0.3 is 0 Å². The number of pyridine rings is 1. The SMILES string of the molecule is O=C(Cc1ccccc1)N1CCN(c2cccc[nH+]2)CC1. The molecular formula is C17H20N3O+. The van der Waals surface area contributed by atoms with Crippen molar-refractivity contribution >= 4 is 11.7 Å². The quantitative estimate of drug-likeness (QED) is 0.853. The minimum atomic E-state index is 0.220. The number of hydrogen-bond acceptors (Lipinski definition) is 2. The summed E-state index contributed by atoms with van der Waals surface area (Å²) in [7, 11) is 0. The van der Waals surface area contributed by atoms with Gasteiger partial charge in [0, 0.05) is 6.07 Å². The Morgan fingerprint density at radius 1 is 0.952 bits per heavy atom. The van der Waals surface area contributed by atoms with Crippen molar-refractivity contribution in [3.05, 3.63) is 60.3 Å². The molecule has 2 heterocycles. The fourth-order valence-corrected chi connectivity index (χ4v) is 2.66. The number of nitrogens with zero attached hydrogens (tertiary/aromatic N) is 2. The first-order chi connectivity index (χ1) is 10.3. The number of aromatic nitrogens is 1. The van der Waals surface area contributed by atoms with Crippen molar-refractivity contribution in [2.75, 3.05) is 31.1 Å². The smallest absolute Gasteiger partial charge is 0.274 e. The first-order valence-corrected chi connectivity index (χ1v) is 7.36. The van der Waals surface area contributed by atoms with Crippen molar-refractivity contribution in [3.8, 4) is 0 Å². The molecule has 1 fully saturated rings. The van der Waals surface area contributed by atoms with Gasteiger partial charge < -0.3 is 4.90 Å². The zero-order valence-corrected chi connectivity index (χ0v) is 12.0. The Balaban J connectivity index is 1.55. The molecule has 1 amide bonds. The summed E-state index contributed by atoms with van der Waals surface area (Å²) >= 11 is 0.